The zero-order chi connectivity index (χ0) is 18.7. The Kier molecular flexibility index (Phi) is 5.77. The average Bonchev–Trinajstić information content (AvgIpc) is 2.57. The first-order valence-electron chi connectivity index (χ1n) is 6.97. The van der Waals surface area contributed by atoms with Crippen LogP contribution in [0.15, 0.2) is 52.3 Å². The Labute approximate surface area is 166 Å². The van der Waals surface area contributed by atoms with Crippen LogP contribution in [0, 0.1) is 10.1 Å². The molecule has 2 aromatic carbocycles. The summed E-state index contributed by atoms with van der Waals surface area (Å²) >= 11 is 18.6. The second-order valence-electron chi connectivity index (χ2n) is 4.79. The highest BCUT2D eigenvalue weighted by atomic mass is 35.5. The van der Waals surface area contributed by atoms with E-state index in [1.165, 1.54) is 17.8 Å². The van der Waals surface area contributed by atoms with E-state index in [1.807, 2.05) is 6.07 Å². The predicted octanol–water partition coefficient (Wildman–Crippen LogP) is 5.63. The summed E-state index contributed by atoms with van der Waals surface area (Å²) in [5.41, 5.74) is 0.545. The van der Waals surface area contributed by atoms with Crippen molar-refractivity contribution >= 4 is 63.9 Å². The van der Waals surface area contributed by atoms with Gasteiger partial charge in [-0.1, -0.05) is 35.5 Å². The third-order valence-corrected chi connectivity index (χ3v) is 4.77. The molecule has 0 atom stereocenters. The Morgan fingerprint density at radius 3 is 2.35 bits per heavy atom. The molecule has 0 amide bonds. The smallest absolute Gasteiger partial charge is 0.284 e. The maximum Gasteiger partial charge on any atom is 0.284 e. The Balaban J connectivity index is 1.94. The second-order valence-corrected chi connectivity index (χ2v) is 6.99. The average molecular weight is 429 g/mol. The lowest BCUT2D eigenvalue weighted by Gasteiger charge is -2.11. The molecule has 0 saturated carbocycles. The van der Waals surface area contributed by atoms with Crippen molar-refractivity contribution in [3.05, 3.63) is 68.2 Å². The lowest BCUT2D eigenvalue weighted by atomic mass is 10.3. The van der Waals surface area contributed by atoms with Gasteiger partial charge in [-0.05, 0) is 47.5 Å². The molecule has 3 rings (SSSR count). The summed E-state index contributed by atoms with van der Waals surface area (Å²) in [7, 11) is 0. The number of anilines is 2. The predicted molar refractivity (Wildman–Crippen MR) is 102 cm³/mol. The molecule has 26 heavy (non-hydrogen) atoms. The normalized spacial score (nSPS) is 10.6. The first-order chi connectivity index (χ1) is 12.4. The molecule has 0 fully saturated rings. The summed E-state index contributed by atoms with van der Waals surface area (Å²) in [6, 6.07) is 11.7. The fourth-order valence-electron chi connectivity index (χ4n) is 2.00. The van der Waals surface area contributed by atoms with E-state index in [2.05, 4.69) is 20.3 Å². The Hall–Kier alpha value is -2.13. The number of nitrogens with one attached hydrogen (secondary N) is 1. The summed E-state index contributed by atoms with van der Waals surface area (Å²) < 4.78 is 0. The minimum atomic E-state index is -0.476. The van der Waals surface area contributed by atoms with Gasteiger partial charge in [-0.25, -0.2) is 0 Å². The van der Waals surface area contributed by atoms with Crippen LogP contribution in [0.5, 0.6) is 0 Å². The van der Waals surface area contributed by atoms with E-state index in [0.29, 0.717) is 20.5 Å². The zero-order valence-corrected chi connectivity index (χ0v) is 15.8. The van der Waals surface area contributed by atoms with Gasteiger partial charge in [0.25, 0.3) is 5.69 Å². The topological polar surface area (TPSA) is 93.8 Å². The van der Waals surface area contributed by atoms with Crippen LogP contribution in [0.4, 0.5) is 17.3 Å². The zero-order valence-electron chi connectivity index (χ0n) is 12.7. The van der Waals surface area contributed by atoms with E-state index in [0.717, 1.165) is 0 Å². The number of nitrogens with zero attached hydrogens (tertiary/aromatic N) is 4. The van der Waals surface area contributed by atoms with Crippen molar-refractivity contribution < 1.29 is 4.92 Å². The van der Waals surface area contributed by atoms with Crippen LogP contribution in [0.3, 0.4) is 0 Å². The Bertz CT molecular complexity index is 969. The number of aromatic nitrogens is 3. The van der Waals surface area contributed by atoms with Crippen molar-refractivity contribution in [2.24, 2.45) is 0 Å². The number of nitro groups is 1. The van der Waals surface area contributed by atoms with E-state index in [9.17, 15) is 10.1 Å². The van der Waals surface area contributed by atoms with E-state index in [1.54, 1.807) is 30.3 Å². The van der Waals surface area contributed by atoms with Gasteiger partial charge in [0.1, 0.15) is 0 Å². The second kappa shape index (κ2) is 8.05. The maximum atomic E-state index is 11.3. The van der Waals surface area contributed by atoms with E-state index in [4.69, 9.17) is 34.8 Å². The molecule has 0 spiro atoms. The van der Waals surface area contributed by atoms with E-state index >= 15 is 0 Å². The molecule has 1 aromatic heterocycles. The van der Waals surface area contributed by atoms with E-state index in [-0.39, 0.29) is 22.2 Å². The largest absolute Gasteiger partial charge is 0.323 e. The number of halogens is 3. The number of nitro benzene ring substituents is 1. The molecule has 0 aliphatic heterocycles. The van der Waals surface area contributed by atoms with Gasteiger partial charge in [0, 0.05) is 16.0 Å². The highest BCUT2D eigenvalue weighted by Crippen LogP contribution is 2.39. The first-order valence-corrected chi connectivity index (χ1v) is 8.92. The van der Waals surface area contributed by atoms with Gasteiger partial charge >= 0.3 is 0 Å². The number of para-hydroxylation sites is 1. The number of hydrogen-bond acceptors (Lipinski definition) is 7. The van der Waals surface area contributed by atoms with Crippen LogP contribution in [-0.2, 0) is 0 Å². The number of benzene rings is 2. The monoisotopic (exact) mass is 427 g/mol. The molecule has 0 bridgehead atoms. The van der Waals surface area contributed by atoms with Crippen LogP contribution in [0.1, 0.15) is 0 Å². The van der Waals surface area contributed by atoms with Crippen LogP contribution in [-0.4, -0.2) is 19.9 Å². The number of rotatable bonds is 5. The third-order valence-electron chi connectivity index (χ3n) is 3.05. The van der Waals surface area contributed by atoms with Gasteiger partial charge in [0.15, 0.2) is 0 Å². The van der Waals surface area contributed by atoms with Crippen LogP contribution >= 0.6 is 46.6 Å². The fourth-order valence-corrected chi connectivity index (χ4v) is 3.52. The summed E-state index contributed by atoms with van der Waals surface area (Å²) in [4.78, 5) is 23.5. The summed E-state index contributed by atoms with van der Waals surface area (Å²) in [6.07, 6.45) is 0. The van der Waals surface area contributed by atoms with Gasteiger partial charge in [-0.15, -0.1) is 0 Å². The molecule has 7 nitrogen and oxygen atoms in total. The van der Waals surface area contributed by atoms with Gasteiger partial charge in [-0.2, -0.15) is 15.0 Å². The standard InChI is InChI=1S/C15H8Cl3N5O2S/c16-8-5-6-12(10(7-8)23(24)25)26-11-4-2-1-3-9(11)19-15-21-13(17)20-14(18)22-15/h1-7H,(H,19,20,21,22). The lowest BCUT2D eigenvalue weighted by molar-refractivity contribution is -0.387. The molecule has 1 heterocycles. The highest BCUT2D eigenvalue weighted by Gasteiger charge is 2.17. The van der Waals surface area contributed by atoms with Crippen molar-refractivity contribution in [1.29, 1.82) is 0 Å². The van der Waals surface area contributed by atoms with Crippen molar-refractivity contribution in [3.63, 3.8) is 0 Å². The summed E-state index contributed by atoms with van der Waals surface area (Å²) in [5, 5.41) is 14.5. The van der Waals surface area contributed by atoms with Crippen LogP contribution in [0.2, 0.25) is 15.6 Å². The molecule has 0 aliphatic carbocycles. The minimum absolute atomic E-state index is 0.0500. The molecule has 0 unspecified atom stereocenters. The highest BCUT2D eigenvalue weighted by molar-refractivity contribution is 7.99. The van der Waals surface area contributed by atoms with Gasteiger partial charge < -0.3 is 5.32 Å². The molecule has 0 radical (unpaired) electrons. The maximum absolute atomic E-state index is 11.3. The first kappa shape index (κ1) is 18.7. The Morgan fingerprint density at radius 2 is 1.65 bits per heavy atom. The van der Waals surface area contributed by atoms with Gasteiger partial charge in [0.05, 0.1) is 15.5 Å². The Morgan fingerprint density at radius 1 is 0.962 bits per heavy atom. The van der Waals surface area contributed by atoms with Crippen LogP contribution < -0.4 is 5.32 Å². The molecule has 1 N–H and O–H groups in total. The molecule has 11 heteroatoms. The molecule has 3 aromatic rings. The summed E-state index contributed by atoms with van der Waals surface area (Å²) in [5.74, 6) is 0.161. The molecule has 0 saturated heterocycles. The van der Waals surface area contributed by atoms with Crippen LogP contribution in [0.25, 0.3) is 0 Å². The minimum Gasteiger partial charge on any atom is -0.323 e. The van der Waals surface area contributed by atoms with Crippen molar-refractivity contribution in [2.45, 2.75) is 9.79 Å². The quantitative estimate of drug-likeness (QED) is 0.415. The molecule has 132 valence electrons. The fraction of sp³-hybridized carbons (Fsp3) is 0. The van der Waals surface area contributed by atoms with E-state index < -0.39 is 4.92 Å². The van der Waals surface area contributed by atoms with Crippen molar-refractivity contribution in [2.75, 3.05) is 5.32 Å². The molecule has 0 aliphatic rings. The van der Waals surface area contributed by atoms with Gasteiger partial charge in [-0.3, -0.25) is 10.1 Å². The molecular weight excluding hydrogens is 421 g/mol. The lowest BCUT2D eigenvalue weighted by Crippen LogP contribution is -2.00. The van der Waals surface area contributed by atoms with Crippen molar-refractivity contribution in [1.82, 2.24) is 15.0 Å². The van der Waals surface area contributed by atoms with Crippen molar-refractivity contribution in [3.8, 4) is 0 Å². The SMILES string of the molecule is O=[N+]([O-])c1cc(Cl)ccc1Sc1ccccc1Nc1nc(Cl)nc(Cl)n1. The number of hydrogen-bond donors (Lipinski definition) is 1. The molecular formula is C15H8Cl3N5O2S. The summed E-state index contributed by atoms with van der Waals surface area (Å²) in [6.45, 7) is 0. The van der Waals surface area contributed by atoms with Gasteiger partial charge in [0.2, 0.25) is 16.5 Å². The third kappa shape index (κ3) is 4.53.